The normalized spacial score (nSPS) is 10.8. The number of carboxylic acids is 1. The Morgan fingerprint density at radius 1 is 1.39 bits per heavy atom. The molecule has 0 saturated heterocycles. The molecule has 5 nitrogen and oxygen atoms in total. The van der Waals surface area contributed by atoms with Crippen LogP contribution in [0.15, 0.2) is 22.8 Å². The fraction of sp³-hybridized carbons (Fsp3) is 0.385. The molecule has 0 aliphatic heterocycles. The molecular formula is C13H16N2O3. The molecule has 1 N–H and O–H groups in total. The van der Waals surface area contributed by atoms with E-state index in [4.69, 9.17) is 9.52 Å². The summed E-state index contributed by atoms with van der Waals surface area (Å²) in [6, 6.07) is 3.61. The van der Waals surface area contributed by atoms with E-state index in [1.807, 2.05) is 4.68 Å². The SMILES string of the molecule is CCc1cc(CC)n(Cc2cc(C(=O)O)co2)n1. The van der Waals surface area contributed by atoms with Crippen molar-refractivity contribution in [3.8, 4) is 0 Å². The van der Waals surface area contributed by atoms with Crippen molar-refractivity contribution in [3.05, 3.63) is 41.1 Å². The highest BCUT2D eigenvalue weighted by atomic mass is 16.4. The van der Waals surface area contributed by atoms with E-state index in [0.717, 1.165) is 24.2 Å². The summed E-state index contributed by atoms with van der Waals surface area (Å²) in [7, 11) is 0. The molecule has 0 unspecified atom stereocenters. The van der Waals surface area contributed by atoms with E-state index in [1.165, 1.54) is 12.3 Å². The Kier molecular flexibility index (Phi) is 3.50. The van der Waals surface area contributed by atoms with E-state index in [-0.39, 0.29) is 5.56 Å². The first-order valence-electron chi connectivity index (χ1n) is 6.00. The number of carboxylic acid groups (broad SMARTS) is 1. The van der Waals surface area contributed by atoms with Crippen LogP contribution in [0.5, 0.6) is 0 Å². The van der Waals surface area contributed by atoms with Gasteiger partial charge in [-0.05, 0) is 25.0 Å². The van der Waals surface area contributed by atoms with Crippen molar-refractivity contribution in [2.45, 2.75) is 33.2 Å². The third-order valence-corrected chi connectivity index (χ3v) is 2.84. The van der Waals surface area contributed by atoms with Crippen LogP contribution in [-0.2, 0) is 19.4 Å². The lowest BCUT2D eigenvalue weighted by Gasteiger charge is -2.02. The monoisotopic (exact) mass is 248 g/mol. The second kappa shape index (κ2) is 5.08. The maximum absolute atomic E-state index is 10.8. The molecule has 96 valence electrons. The highest BCUT2D eigenvalue weighted by Gasteiger charge is 2.11. The fourth-order valence-electron chi connectivity index (χ4n) is 1.83. The maximum Gasteiger partial charge on any atom is 0.338 e. The van der Waals surface area contributed by atoms with Crippen LogP contribution in [0.2, 0.25) is 0 Å². The van der Waals surface area contributed by atoms with Gasteiger partial charge in [-0.15, -0.1) is 0 Å². The average Bonchev–Trinajstić information content (AvgIpc) is 2.96. The van der Waals surface area contributed by atoms with Crippen LogP contribution in [0.3, 0.4) is 0 Å². The zero-order valence-corrected chi connectivity index (χ0v) is 10.5. The minimum absolute atomic E-state index is 0.172. The van der Waals surface area contributed by atoms with Crippen LogP contribution >= 0.6 is 0 Å². The Balaban J connectivity index is 2.21. The van der Waals surface area contributed by atoms with Crippen LogP contribution in [-0.4, -0.2) is 20.9 Å². The molecule has 0 aliphatic rings. The fourth-order valence-corrected chi connectivity index (χ4v) is 1.83. The molecule has 2 aromatic rings. The molecule has 18 heavy (non-hydrogen) atoms. The largest absolute Gasteiger partial charge is 0.478 e. The Morgan fingerprint density at radius 3 is 2.72 bits per heavy atom. The average molecular weight is 248 g/mol. The van der Waals surface area contributed by atoms with Gasteiger partial charge in [0.05, 0.1) is 17.8 Å². The quantitative estimate of drug-likeness (QED) is 0.881. The van der Waals surface area contributed by atoms with E-state index >= 15 is 0 Å². The van der Waals surface area contributed by atoms with E-state index < -0.39 is 5.97 Å². The summed E-state index contributed by atoms with van der Waals surface area (Å²) < 4.78 is 7.09. The van der Waals surface area contributed by atoms with E-state index in [1.54, 1.807) is 0 Å². The molecule has 2 heterocycles. The van der Waals surface area contributed by atoms with Crippen molar-refractivity contribution in [1.82, 2.24) is 9.78 Å². The lowest BCUT2D eigenvalue weighted by molar-refractivity contribution is 0.0696. The Bertz CT molecular complexity index is 554. The van der Waals surface area contributed by atoms with E-state index in [0.29, 0.717) is 12.3 Å². The molecular weight excluding hydrogens is 232 g/mol. The number of rotatable bonds is 5. The molecule has 0 fully saturated rings. The Labute approximate surface area is 105 Å². The summed E-state index contributed by atoms with van der Waals surface area (Å²) in [5.74, 6) is -0.372. The molecule has 0 amide bonds. The second-order valence-electron chi connectivity index (χ2n) is 4.10. The molecule has 2 aromatic heterocycles. The minimum atomic E-state index is -0.976. The van der Waals surface area contributed by atoms with Gasteiger partial charge in [-0.25, -0.2) is 4.79 Å². The van der Waals surface area contributed by atoms with E-state index in [2.05, 4.69) is 25.0 Å². The predicted octanol–water partition coefficient (Wildman–Crippen LogP) is 2.35. The molecule has 0 atom stereocenters. The van der Waals surface area contributed by atoms with Crippen molar-refractivity contribution in [2.24, 2.45) is 0 Å². The number of furan rings is 1. The van der Waals surface area contributed by atoms with Crippen molar-refractivity contribution in [1.29, 1.82) is 0 Å². The zero-order chi connectivity index (χ0) is 13.1. The minimum Gasteiger partial charge on any atom is -0.478 e. The topological polar surface area (TPSA) is 68.3 Å². The van der Waals surface area contributed by atoms with Crippen LogP contribution < -0.4 is 0 Å². The van der Waals surface area contributed by atoms with Crippen molar-refractivity contribution in [2.75, 3.05) is 0 Å². The number of hydrogen-bond donors (Lipinski definition) is 1. The van der Waals surface area contributed by atoms with Gasteiger partial charge in [0, 0.05) is 5.69 Å². The zero-order valence-electron chi connectivity index (χ0n) is 10.5. The number of aromatic nitrogens is 2. The van der Waals surface area contributed by atoms with E-state index in [9.17, 15) is 4.79 Å². The Hall–Kier alpha value is -2.04. The lowest BCUT2D eigenvalue weighted by Crippen LogP contribution is -2.05. The van der Waals surface area contributed by atoms with Gasteiger partial charge >= 0.3 is 5.97 Å². The molecule has 5 heteroatoms. The third kappa shape index (κ3) is 2.45. The summed E-state index contributed by atoms with van der Waals surface area (Å²) in [6.07, 6.45) is 3.03. The molecule has 0 aliphatic carbocycles. The summed E-state index contributed by atoms with van der Waals surface area (Å²) in [4.78, 5) is 10.8. The first kappa shape index (κ1) is 12.4. The van der Waals surface area contributed by atoms with Crippen LogP contribution in [0.4, 0.5) is 0 Å². The van der Waals surface area contributed by atoms with Gasteiger partial charge in [0.1, 0.15) is 12.0 Å². The molecule has 0 spiro atoms. The van der Waals surface area contributed by atoms with Gasteiger partial charge < -0.3 is 9.52 Å². The van der Waals surface area contributed by atoms with Gasteiger partial charge in [-0.1, -0.05) is 13.8 Å². The van der Waals surface area contributed by atoms with Crippen LogP contribution in [0.25, 0.3) is 0 Å². The molecule has 0 bridgehead atoms. The predicted molar refractivity (Wildman–Crippen MR) is 65.8 cm³/mol. The smallest absolute Gasteiger partial charge is 0.338 e. The number of nitrogens with zero attached hydrogens (tertiary/aromatic N) is 2. The Morgan fingerprint density at radius 2 is 2.17 bits per heavy atom. The summed E-state index contributed by atoms with van der Waals surface area (Å²) in [5.41, 5.74) is 2.34. The van der Waals surface area contributed by atoms with Gasteiger partial charge in [0.25, 0.3) is 0 Å². The van der Waals surface area contributed by atoms with Crippen molar-refractivity contribution < 1.29 is 14.3 Å². The first-order valence-corrected chi connectivity index (χ1v) is 6.00. The maximum atomic E-state index is 10.8. The van der Waals surface area contributed by atoms with Gasteiger partial charge in [-0.3, -0.25) is 4.68 Å². The van der Waals surface area contributed by atoms with Crippen LogP contribution in [0.1, 0.15) is 41.4 Å². The number of aryl methyl sites for hydroxylation is 2. The number of hydrogen-bond acceptors (Lipinski definition) is 3. The summed E-state index contributed by atoms with van der Waals surface area (Å²) in [6.45, 7) is 4.59. The van der Waals surface area contributed by atoms with Gasteiger partial charge in [0.15, 0.2) is 0 Å². The van der Waals surface area contributed by atoms with Crippen LogP contribution in [0, 0.1) is 0 Å². The number of aromatic carboxylic acids is 1. The first-order chi connectivity index (χ1) is 8.63. The molecule has 0 saturated carbocycles. The number of carbonyl (C=O) groups is 1. The lowest BCUT2D eigenvalue weighted by atomic mass is 10.2. The highest BCUT2D eigenvalue weighted by Crippen LogP contribution is 2.13. The third-order valence-electron chi connectivity index (χ3n) is 2.84. The van der Waals surface area contributed by atoms with Crippen molar-refractivity contribution >= 4 is 5.97 Å². The second-order valence-corrected chi connectivity index (χ2v) is 4.10. The molecule has 0 aromatic carbocycles. The van der Waals surface area contributed by atoms with Gasteiger partial charge in [0.2, 0.25) is 0 Å². The van der Waals surface area contributed by atoms with Gasteiger partial charge in [-0.2, -0.15) is 5.10 Å². The molecule has 0 radical (unpaired) electrons. The summed E-state index contributed by atoms with van der Waals surface area (Å²) >= 11 is 0. The summed E-state index contributed by atoms with van der Waals surface area (Å²) in [5, 5.41) is 13.3. The standard InChI is InChI=1S/C13H16N2O3/c1-3-10-6-11(4-2)15(14-10)7-12-5-9(8-18-12)13(16)17/h5-6,8H,3-4,7H2,1-2H3,(H,16,17). The highest BCUT2D eigenvalue weighted by molar-refractivity contribution is 5.87. The van der Waals surface area contributed by atoms with Crippen molar-refractivity contribution in [3.63, 3.8) is 0 Å². The molecule has 2 rings (SSSR count).